The topological polar surface area (TPSA) is 343 Å². The summed E-state index contributed by atoms with van der Waals surface area (Å²) in [5, 5.41) is 38.0. The molecule has 8 heterocycles. The van der Waals surface area contributed by atoms with Crippen molar-refractivity contribution in [3.05, 3.63) is 78.4 Å². The minimum atomic E-state index is -1.39. The second-order valence-electron chi connectivity index (χ2n) is 44.8. The van der Waals surface area contributed by atoms with Crippen LogP contribution in [0.1, 0.15) is 296 Å². The van der Waals surface area contributed by atoms with E-state index in [1.807, 2.05) is 90.9 Å². The number of nitrogens with one attached hydrogen (secondary N) is 9. The van der Waals surface area contributed by atoms with Gasteiger partial charge in [0, 0.05) is 187 Å². The van der Waals surface area contributed by atoms with Gasteiger partial charge in [0.15, 0.2) is 25.7 Å². The Bertz CT molecular complexity index is 4370. The Morgan fingerprint density at radius 3 is 1.31 bits per heavy atom. The minimum absolute atomic E-state index is 0.154. The fourth-order valence-corrected chi connectivity index (χ4v) is 24.1. The molecule has 2 amide bonds. The normalized spacial score (nSPS) is 26.9. The highest BCUT2D eigenvalue weighted by Crippen LogP contribution is 2.57. The van der Waals surface area contributed by atoms with Gasteiger partial charge in [0.25, 0.3) is 0 Å². The Morgan fingerprint density at radius 1 is 0.496 bits per heavy atom. The monoisotopic (exact) mass is 1770 g/mol. The van der Waals surface area contributed by atoms with Crippen molar-refractivity contribution in [2.45, 2.75) is 370 Å². The molecule has 16 fully saturated rings. The molecule has 12 aliphatic carbocycles. The zero-order chi connectivity index (χ0) is 88.8. The maximum Gasteiger partial charge on any atom is 0.407 e. The number of anilines is 6. The number of para-hydroxylation sites is 1. The number of nitrogens with two attached hydrogens (primary N) is 1. The molecule has 5 aromatic rings. The van der Waals surface area contributed by atoms with Crippen LogP contribution in [0.25, 0.3) is 0 Å². The molecular weight excluding hydrogens is 1620 g/mol. The lowest BCUT2D eigenvalue weighted by Crippen LogP contribution is -2.67. The van der Waals surface area contributed by atoms with Gasteiger partial charge in [-0.1, -0.05) is 43.9 Å². The van der Waals surface area contributed by atoms with E-state index in [4.69, 9.17) is 29.1 Å². The highest BCUT2D eigenvalue weighted by atomic mass is 28.4. The summed E-state index contributed by atoms with van der Waals surface area (Å²) in [6.07, 6.45) is 44.0. The van der Waals surface area contributed by atoms with Crippen molar-refractivity contribution in [2.24, 2.45) is 45.1 Å². The van der Waals surface area contributed by atoms with Gasteiger partial charge < -0.3 is 66.3 Å². The van der Waals surface area contributed by atoms with E-state index in [-0.39, 0.29) is 23.9 Å². The Morgan fingerprint density at radius 2 is 0.913 bits per heavy atom. The van der Waals surface area contributed by atoms with Gasteiger partial charge in [0.05, 0.1) is 0 Å². The number of H-pyrrole nitrogens is 2. The Kier molecular flexibility index (Phi) is 29.2. The number of aromatic amines is 2. The molecule has 0 bridgehead atoms. The van der Waals surface area contributed by atoms with Crippen molar-refractivity contribution in [2.75, 3.05) is 80.2 Å². The second kappa shape index (κ2) is 40.0. The number of aromatic nitrogens is 8. The molecular formula is C98H153N19O9Si. The summed E-state index contributed by atoms with van der Waals surface area (Å²) in [7, 11) is -1.39. The van der Waals surface area contributed by atoms with Gasteiger partial charge in [0.1, 0.15) is 34.4 Å². The molecule has 4 spiro atoms. The van der Waals surface area contributed by atoms with Crippen LogP contribution in [-0.4, -0.2) is 212 Å². The van der Waals surface area contributed by atoms with Crippen LogP contribution < -0.4 is 47.7 Å². The van der Waals surface area contributed by atoms with E-state index in [9.17, 15) is 19.2 Å². The Hall–Kier alpha value is -7.38. The van der Waals surface area contributed by atoms with Crippen molar-refractivity contribution in [3.63, 3.8) is 0 Å². The van der Waals surface area contributed by atoms with Gasteiger partial charge in [-0.2, -0.15) is 20.2 Å². The number of ketones is 1. The van der Waals surface area contributed by atoms with Crippen molar-refractivity contribution >= 4 is 67.4 Å². The SMILES string of the molecule is CC(C)(C)OC(=O)NC1CC2(C1)CN(C1CC1)C2.CC(C)(C)OC(=O)NC1CC2(CNC2)C1.CCOC1(O[Si](C)(C)C)CC1.NC1CC2(C1)CN(C1CC1)C2.O=C(CC1CCC(Nc2nccc(Nc3cc(C4CCCC4)[nH]n3)n2)CC1)CC1CC2(C1)CN(C1CC1)C2.O=C(CC1CCC(Nc2nccc(Nc3cc(C4CCCC4)[nH]n3)n2)CC1)Oc1ccccc1. The number of hydrogen-bond donors (Lipinski definition) is 10. The smallest absolute Gasteiger partial charge is 0.407 e. The van der Waals surface area contributed by atoms with Crippen LogP contribution in [0.5, 0.6) is 5.75 Å². The maximum atomic E-state index is 12.8. The summed E-state index contributed by atoms with van der Waals surface area (Å²) in [6.45, 7) is 30.8. The number of amides is 2. The summed E-state index contributed by atoms with van der Waals surface area (Å²) in [4.78, 5) is 74.2. The molecule has 0 atom stereocenters. The zero-order valence-electron chi connectivity index (χ0n) is 78.2. The molecule has 4 aromatic heterocycles. The first-order valence-electron chi connectivity index (χ1n) is 49.4. The average Bonchev–Trinajstić information content (AvgIpc) is 1.72. The lowest BCUT2D eigenvalue weighted by Gasteiger charge is -2.59. The van der Waals surface area contributed by atoms with E-state index < -0.39 is 19.5 Å². The minimum Gasteiger partial charge on any atom is -0.444 e. The number of alkyl carbamates (subject to hydrolysis) is 2. The van der Waals surface area contributed by atoms with Crippen LogP contribution in [0.3, 0.4) is 0 Å². The Balaban J connectivity index is 0.000000120. The van der Waals surface area contributed by atoms with Crippen LogP contribution in [0.15, 0.2) is 67.0 Å². The number of hydrogen-bond acceptors (Lipinski definition) is 24. The molecule has 698 valence electrons. The molecule has 28 nitrogen and oxygen atoms in total. The van der Waals surface area contributed by atoms with Gasteiger partial charge in [-0.05, 0) is 299 Å². The molecule has 0 unspecified atom stereocenters. The molecule has 11 N–H and O–H groups in total. The number of Topliss-reactive ketones (excluding diaryl/α,β-unsaturated/α-hetero) is 1. The molecule has 16 aliphatic rings. The highest BCUT2D eigenvalue weighted by Gasteiger charge is 2.58. The van der Waals surface area contributed by atoms with Crippen LogP contribution in [-0.2, 0) is 28.2 Å². The van der Waals surface area contributed by atoms with E-state index >= 15 is 0 Å². The van der Waals surface area contributed by atoms with Crippen molar-refractivity contribution in [1.82, 2.24) is 71.0 Å². The van der Waals surface area contributed by atoms with Gasteiger partial charge in [0.2, 0.25) is 11.9 Å². The first-order valence-corrected chi connectivity index (χ1v) is 52.8. The fourth-order valence-electron chi connectivity index (χ4n) is 22.7. The van der Waals surface area contributed by atoms with Crippen LogP contribution in [0.2, 0.25) is 19.6 Å². The van der Waals surface area contributed by atoms with Gasteiger partial charge >= 0.3 is 18.2 Å². The molecule has 1 aromatic carbocycles. The fraction of sp³-hybridized carbons (Fsp3) is 0.755. The molecule has 127 heavy (non-hydrogen) atoms. The van der Waals surface area contributed by atoms with Crippen LogP contribution in [0.4, 0.5) is 44.8 Å². The number of likely N-dealkylation sites (tertiary alicyclic amines) is 3. The number of carbonyl (C=O) groups is 4. The maximum absolute atomic E-state index is 12.8. The molecule has 4 saturated heterocycles. The Labute approximate surface area is 756 Å². The first-order chi connectivity index (χ1) is 60.8. The summed E-state index contributed by atoms with van der Waals surface area (Å²) >= 11 is 0. The van der Waals surface area contributed by atoms with E-state index in [1.54, 1.807) is 12.4 Å². The van der Waals surface area contributed by atoms with Gasteiger partial charge in [-0.3, -0.25) is 34.5 Å². The van der Waals surface area contributed by atoms with E-state index in [1.165, 1.54) is 166 Å². The lowest BCUT2D eigenvalue weighted by molar-refractivity contribution is -0.135. The number of esters is 1. The third-order valence-electron chi connectivity index (χ3n) is 29.4. The lowest BCUT2D eigenvalue weighted by atomic mass is 9.56. The number of nitrogens with zero attached hydrogens (tertiary/aromatic N) is 9. The average molecular weight is 1770 g/mol. The predicted molar refractivity (Wildman–Crippen MR) is 499 cm³/mol. The number of carbonyl (C=O) groups excluding carboxylic acids is 4. The molecule has 4 aliphatic heterocycles. The quantitative estimate of drug-likeness (QED) is 0.0106. The van der Waals surface area contributed by atoms with E-state index in [0.29, 0.717) is 111 Å². The molecule has 21 rings (SSSR count). The summed E-state index contributed by atoms with van der Waals surface area (Å²) in [6, 6.07) is 21.9. The van der Waals surface area contributed by atoms with Gasteiger partial charge in [-0.25, -0.2) is 19.6 Å². The van der Waals surface area contributed by atoms with Crippen LogP contribution >= 0.6 is 0 Å². The van der Waals surface area contributed by atoms with E-state index in [0.717, 1.165) is 164 Å². The summed E-state index contributed by atoms with van der Waals surface area (Å²) < 4.78 is 27.3. The molecule has 29 heteroatoms. The van der Waals surface area contributed by atoms with E-state index in [2.05, 4.69) is 124 Å². The van der Waals surface area contributed by atoms with Crippen molar-refractivity contribution < 1.29 is 42.6 Å². The van der Waals surface area contributed by atoms with Gasteiger partial charge in [-0.15, -0.1) is 0 Å². The second-order valence-corrected chi connectivity index (χ2v) is 49.3. The number of benzene rings is 1. The first kappa shape index (κ1) is 92.9. The van der Waals surface area contributed by atoms with Crippen LogP contribution in [0, 0.1) is 39.4 Å². The standard InChI is InChI=1S/C30H43N7O.C26H32N6O2.C14H24N2O2.C11H20N2O2.C9H16N2.C8H18O2Si/c38-25(14-21-16-30(17-21)18-37(19-30)24-9-10-24)13-20-5-7-23(8-6-20)32-29-31-12-11-27(34-29)33-28-15-26(35-36-28)22-3-1-2-4-22;33-25(34-21-8-2-1-3-9-21)16-18-10-12-20(13-11-18)28-26-27-15-14-23(30-26)29-24-17-22(31-32-24)19-6-4-5-7-19;1-13(2,3)18-12(17)15-10-6-14(7-10)8-16(9-14)11-4-5-11;1-10(2,3)15-9(14)13-8-4-11(5-8)6-12-7-11;10-7-3-9(4-7)5-11(6-9)8-1-2-8;1-5-9-8(6-7-8)10-11(2,3)4/h11-12,15,20-24H,1-10,13-14,16-19H2,(H3,31,32,33,34,35,36);1-3,8-9,14-15,17-20H,4-7,10-13,16H2,(H3,27,28,29,30,31,32);10-11H,4-9H2,1-3H3,(H,15,17);8,12H,4-7H2,1-3H3,(H,13,14);7-8H,1-6,10H2;5-7H2,1-4H3. The molecule has 12 saturated carbocycles. The zero-order valence-corrected chi connectivity index (χ0v) is 79.2. The largest absolute Gasteiger partial charge is 0.444 e. The predicted octanol–water partition coefficient (Wildman–Crippen LogP) is 17.7. The summed E-state index contributed by atoms with van der Waals surface area (Å²) in [5.41, 5.74) is 9.76. The highest BCUT2D eigenvalue weighted by molar-refractivity contribution is 6.69. The number of ether oxygens (including phenoxy) is 4. The molecule has 0 radical (unpaired) electrons. The van der Waals surface area contributed by atoms with Crippen molar-refractivity contribution in [3.8, 4) is 5.75 Å². The van der Waals surface area contributed by atoms with Crippen molar-refractivity contribution in [1.29, 1.82) is 0 Å². The third kappa shape index (κ3) is 27.0. The number of rotatable bonds is 26. The third-order valence-corrected chi connectivity index (χ3v) is 30.4. The summed E-state index contributed by atoms with van der Waals surface area (Å²) in [5.74, 6) is 7.95.